The van der Waals surface area contributed by atoms with Crippen molar-refractivity contribution >= 4 is 21.6 Å². The number of likely N-dealkylation sites (N-methyl/N-ethyl adjacent to an activating group) is 1. The first kappa shape index (κ1) is 20.5. The van der Waals surface area contributed by atoms with Gasteiger partial charge in [-0.1, -0.05) is 36.4 Å². The molecule has 0 unspecified atom stereocenters. The van der Waals surface area contributed by atoms with Crippen LogP contribution in [0.3, 0.4) is 0 Å². The fraction of sp³-hybridized carbons (Fsp3) is 0.381. The smallest absolute Gasteiger partial charge is 0.244 e. The number of benzene rings is 2. The average molecular weight is 402 g/mol. The molecule has 0 radical (unpaired) electrons. The first-order valence-electron chi connectivity index (χ1n) is 9.61. The zero-order chi connectivity index (χ0) is 20.1. The number of rotatable bonds is 6. The van der Waals surface area contributed by atoms with Crippen molar-refractivity contribution in [3.05, 3.63) is 60.7 Å². The van der Waals surface area contributed by atoms with Crippen LogP contribution in [0.2, 0.25) is 0 Å². The number of hydrogen-bond acceptors (Lipinski definition) is 4. The van der Waals surface area contributed by atoms with Gasteiger partial charge in [0, 0.05) is 38.4 Å². The van der Waals surface area contributed by atoms with E-state index in [4.69, 9.17) is 0 Å². The first-order valence-corrected chi connectivity index (χ1v) is 11.0. The molecule has 1 heterocycles. The molecule has 1 amide bonds. The molecule has 6 nitrogen and oxygen atoms in total. The summed E-state index contributed by atoms with van der Waals surface area (Å²) in [4.78, 5) is 17.2. The van der Waals surface area contributed by atoms with E-state index in [0.29, 0.717) is 37.6 Å². The van der Waals surface area contributed by atoms with E-state index in [9.17, 15) is 13.2 Å². The van der Waals surface area contributed by atoms with Gasteiger partial charge in [0.05, 0.1) is 10.9 Å². The number of carbonyl (C=O) groups is 1. The van der Waals surface area contributed by atoms with E-state index >= 15 is 0 Å². The third-order valence-electron chi connectivity index (χ3n) is 5.21. The van der Waals surface area contributed by atoms with Crippen molar-refractivity contribution in [2.45, 2.75) is 24.8 Å². The fourth-order valence-electron chi connectivity index (χ4n) is 3.53. The molecule has 2 aromatic carbocycles. The van der Waals surface area contributed by atoms with Crippen LogP contribution in [-0.2, 0) is 14.8 Å². The molecule has 1 fully saturated rings. The number of nitrogens with zero attached hydrogens (tertiary/aromatic N) is 3. The summed E-state index contributed by atoms with van der Waals surface area (Å²) in [7, 11) is -3.48. The summed E-state index contributed by atoms with van der Waals surface area (Å²) in [6.45, 7) is 6.28. The number of hydrogen-bond donors (Lipinski definition) is 0. The summed E-state index contributed by atoms with van der Waals surface area (Å²) in [6.07, 6.45) is 0. The van der Waals surface area contributed by atoms with Crippen LogP contribution in [0.4, 0.5) is 5.69 Å². The van der Waals surface area contributed by atoms with Gasteiger partial charge >= 0.3 is 0 Å². The summed E-state index contributed by atoms with van der Waals surface area (Å²) in [5.41, 5.74) is 0.882. The van der Waals surface area contributed by atoms with E-state index in [-0.39, 0.29) is 11.9 Å². The van der Waals surface area contributed by atoms with E-state index in [2.05, 4.69) is 4.90 Å². The maximum Gasteiger partial charge on any atom is 0.244 e. The van der Waals surface area contributed by atoms with Gasteiger partial charge in [0.25, 0.3) is 0 Å². The molecule has 3 rings (SSSR count). The number of anilines is 1. The Bertz CT molecular complexity index is 880. The first-order chi connectivity index (χ1) is 13.4. The summed E-state index contributed by atoms with van der Waals surface area (Å²) in [6, 6.07) is 17.8. The van der Waals surface area contributed by atoms with Gasteiger partial charge < -0.3 is 4.90 Å². The number of amides is 1. The minimum atomic E-state index is -3.48. The lowest BCUT2D eigenvalue weighted by Crippen LogP contribution is -2.55. The van der Waals surface area contributed by atoms with Crippen molar-refractivity contribution in [2.24, 2.45) is 0 Å². The normalized spacial score (nSPS) is 17.2. The van der Waals surface area contributed by atoms with Crippen molar-refractivity contribution in [1.82, 2.24) is 9.21 Å². The summed E-state index contributed by atoms with van der Waals surface area (Å²) < 4.78 is 27.0. The minimum absolute atomic E-state index is 0.0352. The predicted octanol–water partition coefficient (Wildman–Crippen LogP) is 2.43. The monoisotopic (exact) mass is 401 g/mol. The van der Waals surface area contributed by atoms with Gasteiger partial charge in [0.1, 0.15) is 0 Å². The fourth-order valence-corrected chi connectivity index (χ4v) is 4.97. The van der Waals surface area contributed by atoms with Crippen LogP contribution in [0.25, 0.3) is 0 Å². The molecule has 0 aromatic heterocycles. The van der Waals surface area contributed by atoms with Gasteiger partial charge in [0.15, 0.2) is 0 Å². The second kappa shape index (κ2) is 8.86. The maximum atomic E-state index is 13.0. The molecule has 2 aromatic rings. The summed E-state index contributed by atoms with van der Waals surface area (Å²) in [5, 5.41) is 0. The van der Waals surface area contributed by atoms with Crippen LogP contribution in [-0.4, -0.2) is 62.3 Å². The number of para-hydroxylation sites is 1. The molecule has 0 bridgehead atoms. The third kappa shape index (κ3) is 4.27. The van der Waals surface area contributed by atoms with E-state index in [1.54, 1.807) is 35.2 Å². The average Bonchev–Trinajstić information content (AvgIpc) is 2.75. The lowest BCUT2D eigenvalue weighted by molar-refractivity contribution is -0.123. The zero-order valence-corrected chi connectivity index (χ0v) is 17.2. The number of sulfonamides is 1. The second-order valence-electron chi connectivity index (χ2n) is 6.85. The lowest BCUT2D eigenvalue weighted by atomic mass is 10.2. The van der Waals surface area contributed by atoms with Crippen molar-refractivity contribution in [3.63, 3.8) is 0 Å². The van der Waals surface area contributed by atoms with E-state index in [1.165, 1.54) is 4.31 Å². The highest BCUT2D eigenvalue weighted by Gasteiger charge is 2.33. The van der Waals surface area contributed by atoms with Crippen molar-refractivity contribution in [2.75, 3.05) is 37.6 Å². The van der Waals surface area contributed by atoms with E-state index < -0.39 is 10.0 Å². The predicted molar refractivity (Wildman–Crippen MR) is 111 cm³/mol. The lowest BCUT2D eigenvalue weighted by Gasteiger charge is -2.38. The van der Waals surface area contributed by atoms with Crippen LogP contribution in [0.5, 0.6) is 0 Å². The molecule has 1 aliphatic rings. The molecule has 7 heteroatoms. The molecular formula is C21H27N3O3S. The van der Waals surface area contributed by atoms with Gasteiger partial charge in [-0.15, -0.1) is 0 Å². The SMILES string of the molecule is CCN(C(=O)[C@H](C)N1CCN(S(=O)(=O)c2ccccc2)CC1)c1ccccc1. The molecule has 150 valence electrons. The zero-order valence-electron chi connectivity index (χ0n) is 16.4. The Balaban J connectivity index is 1.65. The highest BCUT2D eigenvalue weighted by molar-refractivity contribution is 7.89. The Morgan fingerprint density at radius 3 is 2.04 bits per heavy atom. The van der Waals surface area contributed by atoms with E-state index in [1.807, 2.05) is 44.2 Å². The Hall–Kier alpha value is -2.22. The number of piperazine rings is 1. The molecule has 1 aliphatic heterocycles. The molecule has 1 saturated heterocycles. The van der Waals surface area contributed by atoms with Crippen LogP contribution in [0.15, 0.2) is 65.6 Å². The molecule has 1 atom stereocenters. The molecular weight excluding hydrogens is 374 g/mol. The molecule has 28 heavy (non-hydrogen) atoms. The van der Waals surface area contributed by atoms with Crippen molar-refractivity contribution < 1.29 is 13.2 Å². The van der Waals surface area contributed by atoms with Crippen LogP contribution in [0, 0.1) is 0 Å². The molecule has 0 aliphatic carbocycles. The number of carbonyl (C=O) groups excluding carboxylic acids is 1. The Labute approximate surface area is 167 Å². The van der Waals surface area contributed by atoms with Crippen LogP contribution < -0.4 is 4.90 Å². The second-order valence-corrected chi connectivity index (χ2v) is 8.79. The topological polar surface area (TPSA) is 60.9 Å². The highest BCUT2D eigenvalue weighted by atomic mass is 32.2. The van der Waals surface area contributed by atoms with E-state index in [0.717, 1.165) is 5.69 Å². The third-order valence-corrected chi connectivity index (χ3v) is 7.12. The van der Waals surface area contributed by atoms with Gasteiger partial charge in [-0.2, -0.15) is 4.31 Å². The largest absolute Gasteiger partial charge is 0.311 e. The van der Waals surface area contributed by atoms with Gasteiger partial charge in [-0.3, -0.25) is 9.69 Å². The molecule has 0 N–H and O–H groups in total. The van der Waals surface area contributed by atoms with Gasteiger partial charge in [0.2, 0.25) is 15.9 Å². The maximum absolute atomic E-state index is 13.0. The van der Waals surface area contributed by atoms with Crippen molar-refractivity contribution in [3.8, 4) is 0 Å². The minimum Gasteiger partial charge on any atom is -0.311 e. The quantitative estimate of drug-likeness (QED) is 0.746. The van der Waals surface area contributed by atoms with Crippen LogP contribution >= 0.6 is 0 Å². The standard InChI is InChI=1S/C21H27N3O3S/c1-3-24(19-10-6-4-7-11-19)21(25)18(2)22-14-16-23(17-15-22)28(26,27)20-12-8-5-9-13-20/h4-13,18H,3,14-17H2,1-2H3/t18-/m0/s1. The Morgan fingerprint density at radius 1 is 0.964 bits per heavy atom. The van der Waals surface area contributed by atoms with Gasteiger partial charge in [-0.05, 0) is 38.1 Å². The van der Waals surface area contributed by atoms with Gasteiger partial charge in [-0.25, -0.2) is 8.42 Å². The molecule has 0 spiro atoms. The highest BCUT2D eigenvalue weighted by Crippen LogP contribution is 2.20. The summed E-state index contributed by atoms with van der Waals surface area (Å²) in [5.74, 6) is 0.0352. The van der Waals surface area contributed by atoms with Crippen molar-refractivity contribution in [1.29, 1.82) is 0 Å². The Morgan fingerprint density at radius 2 is 1.50 bits per heavy atom. The Kier molecular flexibility index (Phi) is 6.49. The summed E-state index contributed by atoms with van der Waals surface area (Å²) >= 11 is 0. The molecule has 0 saturated carbocycles. The van der Waals surface area contributed by atoms with Crippen LogP contribution in [0.1, 0.15) is 13.8 Å².